The van der Waals surface area contributed by atoms with Crippen molar-refractivity contribution in [1.29, 1.82) is 0 Å². The predicted octanol–water partition coefficient (Wildman–Crippen LogP) is 5.67. The molecule has 1 N–H and O–H groups in total. The summed E-state index contributed by atoms with van der Waals surface area (Å²) in [7, 11) is 0. The average molecular weight is 393 g/mol. The van der Waals surface area contributed by atoms with E-state index < -0.39 is 12.2 Å². The smallest absolute Gasteiger partial charge is 0.159 e. The molecule has 1 heterocycles. The van der Waals surface area contributed by atoms with Gasteiger partial charge in [-0.25, -0.2) is 0 Å². The van der Waals surface area contributed by atoms with Crippen molar-refractivity contribution in [3.63, 3.8) is 0 Å². The van der Waals surface area contributed by atoms with E-state index in [0.717, 1.165) is 17.5 Å². The minimum atomic E-state index is -0.730. The first kappa shape index (κ1) is 19.3. The Morgan fingerprint density at radius 2 is 1.59 bits per heavy atom. The van der Waals surface area contributed by atoms with Crippen LogP contribution in [0.25, 0.3) is 0 Å². The molecular weight excluding hydrogens is 360 g/mol. The van der Waals surface area contributed by atoms with E-state index in [4.69, 9.17) is 9.47 Å². The van der Waals surface area contributed by atoms with Gasteiger partial charge in [0, 0.05) is 6.42 Å². The molecule has 29 heavy (non-hydrogen) atoms. The number of ether oxygens (including phenoxy) is 2. The summed E-state index contributed by atoms with van der Waals surface area (Å²) in [6.07, 6.45) is 2.31. The molecule has 154 valence electrons. The van der Waals surface area contributed by atoms with E-state index in [2.05, 4.69) is 20.8 Å². The molecule has 1 aliphatic heterocycles. The van der Waals surface area contributed by atoms with Crippen molar-refractivity contribution in [2.75, 3.05) is 0 Å². The van der Waals surface area contributed by atoms with E-state index in [1.807, 2.05) is 60.7 Å². The maximum absolute atomic E-state index is 11.2. The molecule has 3 nitrogen and oxygen atoms in total. The average Bonchev–Trinajstić information content (AvgIpc) is 3.31. The fourth-order valence-corrected chi connectivity index (χ4v) is 6.54. The zero-order valence-corrected chi connectivity index (χ0v) is 17.6. The predicted molar refractivity (Wildman–Crippen MR) is 113 cm³/mol. The monoisotopic (exact) mass is 392 g/mol. The van der Waals surface area contributed by atoms with Crippen molar-refractivity contribution < 1.29 is 14.6 Å². The van der Waals surface area contributed by atoms with Crippen LogP contribution in [-0.4, -0.2) is 17.5 Å². The Morgan fingerprint density at radius 1 is 0.966 bits per heavy atom. The molecule has 2 aliphatic carbocycles. The molecule has 2 aromatic carbocycles. The first-order valence-corrected chi connectivity index (χ1v) is 11.0. The van der Waals surface area contributed by atoms with Gasteiger partial charge in [-0.05, 0) is 46.6 Å². The molecule has 1 unspecified atom stereocenters. The fourth-order valence-electron chi connectivity index (χ4n) is 6.54. The summed E-state index contributed by atoms with van der Waals surface area (Å²) in [5.41, 5.74) is 2.41. The summed E-state index contributed by atoms with van der Waals surface area (Å²) in [4.78, 5) is 0. The SMILES string of the molecule is CC1(C)[C@@H]2CC[C@@]1(C)[C@H]1O[C@H](O[C@H](c3ccccc3)C(O)c3ccccc3)C[C@@H]21. The quantitative estimate of drug-likeness (QED) is 0.713. The van der Waals surface area contributed by atoms with E-state index in [1.165, 1.54) is 12.8 Å². The van der Waals surface area contributed by atoms with Gasteiger partial charge in [-0.2, -0.15) is 0 Å². The standard InChI is InChI=1S/C26H32O3/c1-25(2)20-14-15-26(25,3)24-19(20)16-21(29-24)28-23(18-12-8-5-9-13-18)22(27)17-10-6-4-7-11-17/h4-13,19-24,27H,14-16H2,1-3H3/t19-,20+,21-,22?,23+,24-,26-/m0/s1. The zero-order valence-electron chi connectivity index (χ0n) is 17.6. The lowest BCUT2D eigenvalue weighted by atomic mass is 9.70. The van der Waals surface area contributed by atoms with Gasteiger partial charge in [-0.15, -0.1) is 0 Å². The summed E-state index contributed by atoms with van der Waals surface area (Å²) < 4.78 is 13.1. The van der Waals surface area contributed by atoms with E-state index in [0.29, 0.717) is 17.3 Å². The fraction of sp³-hybridized carbons (Fsp3) is 0.538. The van der Waals surface area contributed by atoms with Crippen LogP contribution >= 0.6 is 0 Å². The van der Waals surface area contributed by atoms with E-state index in [1.54, 1.807) is 0 Å². The zero-order chi connectivity index (χ0) is 20.2. The molecule has 2 bridgehead atoms. The molecule has 0 spiro atoms. The van der Waals surface area contributed by atoms with Gasteiger partial charge in [-0.3, -0.25) is 0 Å². The molecule has 0 amide bonds. The first-order valence-electron chi connectivity index (χ1n) is 11.0. The second-order valence-corrected chi connectivity index (χ2v) is 9.99. The Bertz CT molecular complexity index is 849. The van der Waals surface area contributed by atoms with Crippen LogP contribution in [0.5, 0.6) is 0 Å². The van der Waals surface area contributed by atoms with E-state index in [-0.39, 0.29) is 17.8 Å². The number of rotatable bonds is 5. The Balaban J connectivity index is 1.39. The van der Waals surface area contributed by atoms with Gasteiger partial charge >= 0.3 is 0 Å². The van der Waals surface area contributed by atoms with Crippen molar-refractivity contribution in [1.82, 2.24) is 0 Å². The van der Waals surface area contributed by atoms with Crippen LogP contribution < -0.4 is 0 Å². The van der Waals surface area contributed by atoms with Crippen LogP contribution in [0.15, 0.2) is 60.7 Å². The van der Waals surface area contributed by atoms with Crippen LogP contribution in [-0.2, 0) is 9.47 Å². The van der Waals surface area contributed by atoms with Crippen molar-refractivity contribution >= 4 is 0 Å². The summed E-state index contributed by atoms with van der Waals surface area (Å²) in [5.74, 6) is 1.28. The minimum Gasteiger partial charge on any atom is -0.385 e. The highest BCUT2D eigenvalue weighted by Crippen LogP contribution is 2.71. The lowest BCUT2D eigenvalue weighted by Crippen LogP contribution is -2.38. The van der Waals surface area contributed by atoms with Crippen LogP contribution in [0.3, 0.4) is 0 Å². The second-order valence-electron chi connectivity index (χ2n) is 9.99. The Morgan fingerprint density at radius 3 is 2.21 bits per heavy atom. The third-order valence-corrected chi connectivity index (χ3v) is 8.52. The molecule has 2 aromatic rings. The molecule has 5 rings (SSSR count). The number of aliphatic hydroxyl groups is 1. The first-order chi connectivity index (χ1) is 13.9. The maximum Gasteiger partial charge on any atom is 0.159 e. The number of fused-ring (bicyclic) bond motifs is 5. The number of aliphatic hydroxyl groups excluding tert-OH is 1. The largest absolute Gasteiger partial charge is 0.385 e. The second kappa shape index (κ2) is 6.94. The Labute approximate surface area is 174 Å². The van der Waals surface area contributed by atoms with Crippen LogP contribution in [0, 0.1) is 22.7 Å². The number of benzene rings is 2. The van der Waals surface area contributed by atoms with Gasteiger partial charge < -0.3 is 14.6 Å². The number of hydrogen-bond donors (Lipinski definition) is 1. The molecule has 7 atom stereocenters. The molecule has 0 aromatic heterocycles. The Kier molecular flexibility index (Phi) is 4.62. The third-order valence-electron chi connectivity index (χ3n) is 8.52. The van der Waals surface area contributed by atoms with Gasteiger partial charge in [0.1, 0.15) is 12.2 Å². The van der Waals surface area contributed by atoms with E-state index in [9.17, 15) is 5.11 Å². The van der Waals surface area contributed by atoms with Gasteiger partial charge in [0.25, 0.3) is 0 Å². The number of hydrogen-bond acceptors (Lipinski definition) is 3. The summed E-state index contributed by atoms with van der Waals surface area (Å²) in [6, 6.07) is 19.8. The third kappa shape index (κ3) is 2.90. The van der Waals surface area contributed by atoms with Gasteiger partial charge in [0.15, 0.2) is 6.29 Å². The molecular formula is C26H32O3. The van der Waals surface area contributed by atoms with E-state index >= 15 is 0 Å². The van der Waals surface area contributed by atoms with Gasteiger partial charge in [0.05, 0.1) is 6.10 Å². The molecule has 3 heteroatoms. The maximum atomic E-state index is 11.2. The molecule has 3 aliphatic rings. The molecule has 0 radical (unpaired) electrons. The Hall–Kier alpha value is -1.68. The lowest BCUT2D eigenvalue weighted by molar-refractivity contribution is -0.206. The molecule has 2 saturated carbocycles. The highest BCUT2D eigenvalue weighted by Gasteiger charge is 2.69. The van der Waals surface area contributed by atoms with Gasteiger partial charge in [-0.1, -0.05) is 81.4 Å². The van der Waals surface area contributed by atoms with Crippen molar-refractivity contribution in [3.05, 3.63) is 71.8 Å². The topological polar surface area (TPSA) is 38.7 Å². The van der Waals surface area contributed by atoms with Crippen molar-refractivity contribution in [2.24, 2.45) is 22.7 Å². The lowest BCUT2D eigenvalue weighted by Gasteiger charge is -2.39. The normalized spacial score (nSPS) is 36.7. The summed E-state index contributed by atoms with van der Waals surface area (Å²) in [6.45, 7) is 7.26. The highest BCUT2D eigenvalue weighted by molar-refractivity contribution is 5.25. The molecule has 3 fully saturated rings. The van der Waals surface area contributed by atoms with Crippen LogP contribution in [0.2, 0.25) is 0 Å². The van der Waals surface area contributed by atoms with Crippen LogP contribution in [0.4, 0.5) is 0 Å². The summed E-state index contributed by atoms with van der Waals surface area (Å²) in [5, 5.41) is 11.2. The highest BCUT2D eigenvalue weighted by atomic mass is 16.7. The summed E-state index contributed by atoms with van der Waals surface area (Å²) >= 11 is 0. The van der Waals surface area contributed by atoms with Crippen molar-refractivity contribution in [3.8, 4) is 0 Å². The van der Waals surface area contributed by atoms with Crippen LogP contribution in [0.1, 0.15) is 63.4 Å². The minimum absolute atomic E-state index is 0.223. The van der Waals surface area contributed by atoms with Gasteiger partial charge in [0.2, 0.25) is 0 Å². The van der Waals surface area contributed by atoms with Crippen molar-refractivity contribution in [2.45, 2.75) is 64.6 Å². The molecule has 1 saturated heterocycles.